The SMILES string of the molecule is CCCCCCCCCCCCCCCCCC(=O)OC(=O)CC[C@@H](N)C(=O)[O-].[K+]. The molecule has 0 unspecified atom stereocenters. The van der Waals surface area contributed by atoms with Gasteiger partial charge in [0.2, 0.25) is 0 Å². The van der Waals surface area contributed by atoms with Gasteiger partial charge in [0, 0.05) is 18.9 Å². The van der Waals surface area contributed by atoms with E-state index in [9.17, 15) is 19.5 Å². The van der Waals surface area contributed by atoms with E-state index in [2.05, 4.69) is 11.7 Å². The van der Waals surface area contributed by atoms with Crippen LogP contribution in [0.3, 0.4) is 0 Å². The molecule has 0 spiro atoms. The fraction of sp³-hybridized carbons (Fsp3) is 0.870. The summed E-state index contributed by atoms with van der Waals surface area (Å²) in [6, 6.07) is -1.21. The molecule has 0 aromatic heterocycles. The summed E-state index contributed by atoms with van der Waals surface area (Å²) < 4.78 is 4.65. The van der Waals surface area contributed by atoms with E-state index in [4.69, 9.17) is 5.73 Å². The van der Waals surface area contributed by atoms with Gasteiger partial charge in [-0.15, -0.1) is 0 Å². The fourth-order valence-corrected chi connectivity index (χ4v) is 3.26. The third-order valence-electron chi connectivity index (χ3n) is 5.17. The van der Waals surface area contributed by atoms with E-state index in [1.165, 1.54) is 77.0 Å². The smallest absolute Gasteiger partial charge is 0.548 e. The van der Waals surface area contributed by atoms with E-state index >= 15 is 0 Å². The first-order chi connectivity index (χ1) is 14.0. The Balaban J connectivity index is 0. The molecule has 0 aliphatic rings. The zero-order valence-corrected chi connectivity index (χ0v) is 22.5. The average Bonchev–Trinajstić information content (AvgIpc) is 2.68. The predicted octanol–water partition coefficient (Wildman–Crippen LogP) is 1.18. The summed E-state index contributed by atoms with van der Waals surface area (Å²) >= 11 is 0. The number of carboxylic acids is 1. The van der Waals surface area contributed by atoms with Crippen LogP contribution in [-0.2, 0) is 19.1 Å². The maximum absolute atomic E-state index is 11.6. The average molecular weight is 452 g/mol. The van der Waals surface area contributed by atoms with E-state index in [1.807, 2.05) is 0 Å². The number of nitrogens with two attached hydrogens (primary N) is 1. The number of unbranched alkanes of at least 4 members (excludes halogenated alkanes) is 14. The van der Waals surface area contributed by atoms with Gasteiger partial charge in [0.15, 0.2) is 0 Å². The molecule has 0 aromatic carbocycles. The number of hydrogen-bond donors (Lipinski definition) is 1. The van der Waals surface area contributed by atoms with Gasteiger partial charge in [0.25, 0.3) is 0 Å². The van der Waals surface area contributed by atoms with Crippen LogP contribution < -0.4 is 62.2 Å². The predicted molar refractivity (Wildman–Crippen MR) is 113 cm³/mol. The van der Waals surface area contributed by atoms with Crippen LogP contribution >= 0.6 is 0 Å². The Bertz CT molecular complexity index is 445. The van der Waals surface area contributed by atoms with Gasteiger partial charge in [-0.25, -0.2) is 0 Å². The summed E-state index contributed by atoms with van der Waals surface area (Å²) in [4.78, 5) is 33.4. The Hall–Kier alpha value is 0.206. The van der Waals surface area contributed by atoms with E-state index in [-0.39, 0.29) is 70.6 Å². The summed E-state index contributed by atoms with van der Waals surface area (Å²) in [5, 5.41) is 10.4. The molecule has 0 aromatic rings. The number of carboxylic acid groups (broad SMARTS) is 1. The van der Waals surface area contributed by atoms with Crippen molar-refractivity contribution < 1.29 is 75.6 Å². The summed E-state index contributed by atoms with van der Waals surface area (Å²) in [5.74, 6) is -2.69. The molecule has 30 heavy (non-hydrogen) atoms. The molecule has 1 atom stereocenters. The molecular weight excluding hydrogens is 409 g/mol. The molecule has 2 N–H and O–H groups in total. The molecule has 0 saturated heterocycles. The maximum Gasteiger partial charge on any atom is 1.00 e. The molecule has 0 fully saturated rings. The van der Waals surface area contributed by atoms with Crippen LogP contribution in [0.2, 0.25) is 0 Å². The molecule has 0 aliphatic carbocycles. The first-order valence-electron chi connectivity index (χ1n) is 11.7. The molecular formula is C23H42KNO5. The second kappa shape index (κ2) is 23.9. The minimum atomic E-state index is -1.41. The summed E-state index contributed by atoms with van der Waals surface area (Å²) in [7, 11) is 0. The standard InChI is InChI=1S/C23H43NO5.K/c1-2-3-4-5-6-7-8-9-10-11-12-13-14-15-16-17-21(25)29-22(26)19-18-20(24)23(27)28;/h20H,2-19,24H2,1H3,(H,27,28);/q;+1/p-1/t20-;/m1./s1. The van der Waals surface area contributed by atoms with E-state index < -0.39 is 23.9 Å². The van der Waals surface area contributed by atoms with Gasteiger partial charge in [0.1, 0.15) is 0 Å². The molecule has 0 rings (SSSR count). The number of ether oxygens (including phenoxy) is 1. The van der Waals surface area contributed by atoms with Crippen LogP contribution in [0.1, 0.15) is 122 Å². The van der Waals surface area contributed by atoms with Gasteiger partial charge in [0.05, 0.1) is 5.97 Å². The normalized spacial score (nSPS) is 11.5. The molecule has 0 bridgehead atoms. The monoisotopic (exact) mass is 451 g/mol. The zero-order valence-electron chi connectivity index (χ0n) is 19.4. The first-order valence-corrected chi connectivity index (χ1v) is 11.7. The zero-order chi connectivity index (χ0) is 21.7. The Labute approximate surface area is 225 Å². The van der Waals surface area contributed by atoms with E-state index in [0.29, 0.717) is 6.42 Å². The summed E-state index contributed by atoms with van der Waals surface area (Å²) in [6.45, 7) is 2.25. The maximum atomic E-state index is 11.6. The van der Waals surface area contributed by atoms with Crippen molar-refractivity contribution in [2.24, 2.45) is 5.73 Å². The topological polar surface area (TPSA) is 110 Å². The van der Waals surface area contributed by atoms with Crippen LogP contribution in [0.15, 0.2) is 0 Å². The number of esters is 2. The van der Waals surface area contributed by atoms with Gasteiger partial charge < -0.3 is 20.4 Å². The van der Waals surface area contributed by atoms with Crippen LogP contribution in [0, 0.1) is 0 Å². The third-order valence-corrected chi connectivity index (χ3v) is 5.17. The van der Waals surface area contributed by atoms with Crippen molar-refractivity contribution in [3.05, 3.63) is 0 Å². The molecule has 170 valence electrons. The van der Waals surface area contributed by atoms with Crippen molar-refractivity contribution in [3.63, 3.8) is 0 Å². The van der Waals surface area contributed by atoms with Crippen LogP contribution in [-0.4, -0.2) is 23.9 Å². The van der Waals surface area contributed by atoms with E-state index in [0.717, 1.165) is 12.8 Å². The molecule has 0 heterocycles. The number of aliphatic carboxylic acids is 1. The quantitative estimate of drug-likeness (QED) is 0.129. The summed E-state index contributed by atoms with van der Waals surface area (Å²) in [5.41, 5.74) is 5.24. The second-order valence-corrected chi connectivity index (χ2v) is 8.01. The van der Waals surface area contributed by atoms with Crippen molar-refractivity contribution in [1.29, 1.82) is 0 Å². The van der Waals surface area contributed by atoms with Gasteiger partial charge in [-0.3, -0.25) is 9.59 Å². The van der Waals surface area contributed by atoms with Crippen molar-refractivity contribution in [3.8, 4) is 0 Å². The third kappa shape index (κ3) is 22.9. The molecule has 6 nitrogen and oxygen atoms in total. The number of hydrogen-bond acceptors (Lipinski definition) is 6. The van der Waals surface area contributed by atoms with Crippen molar-refractivity contribution in [2.45, 2.75) is 129 Å². The Morgan fingerprint density at radius 1 is 0.700 bits per heavy atom. The molecule has 0 radical (unpaired) electrons. The second-order valence-electron chi connectivity index (χ2n) is 8.01. The van der Waals surface area contributed by atoms with Crippen molar-refractivity contribution >= 4 is 17.9 Å². The fourth-order valence-electron chi connectivity index (χ4n) is 3.26. The molecule has 0 aliphatic heterocycles. The number of carbonyl (C=O) groups is 3. The van der Waals surface area contributed by atoms with Crippen molar-refractivity contribution in [2.75, 3.05) is 0 Å². The molecule has 0 saturated carbocycles. The van der Waals surface area contributed by atoms with Gasteiger partial charge in [-0.05, 0) is 12.8 Å². The van der Waals surface area contributed by atoms with Gasteiger partial charge in [-0.1, -0.05) is 96.8 Å². The summed E-state index contributed by atoms with van der Waals surface area (Å²) in [6.07, 6.45) is 18.7. The minimum Gasteiger partial charge on any atom is -0.548 e. The van der Waals surface area contributed by atoms with E-state index in [1.54, 1.807) is 0 Å². The van der Waals surface area contributed by atoms with Crippen molar-refractivity contribution in [1.82, 2.24) is 0 Å². The Morgan fingerprint density at radius 2 is 1.07 bits per heavy atom. The largest absolute Gasteiger partial charge is 1.00 e. The van der Waals surface area contributed by atoms with Crippen LogP contribution in [0.25, 0.3) is 0 Å². The number of rotatable bonds is 20. The first kappa shape index (κ1) is 32.4. The van der Waals surface area contributed by atoms with Crippen LogP contribution in [0.5, 0.6) is 0 Å². The van der Waals surface area contributed by atoms with Crippen LogP contribution in [0.4, 0.5) is 0 Å². The number of carbonyl (C=O) groups excluding carboxylic acids is 3. The molecule has 0 amide bonds. The minimum absolute atomic E-state index is 0. The molecule has 7 heteroatoms. The van der Waals surface area contributed by atoms with Gasteiger partial charge >= 0.3 is 63.3 Å². The van der Waals surface area contributed by atoms with Gasteiger partial charge in [-0.2, -0.15) is 0 Å². The Kier molecular flexibility index (Phi) is 25.8. The Morgan fingerprint density at radius 3 is 1.47 bits per heavy atom.